The van der Waals surface area contributed by atoms with Gasteiger partial charge in [-0.15, -0.1) is 0 Å². The van der Waals surface area contributed by atoms with E-state index in [0.717, 1.165) is 16.5 Å². The van der Waals surface area contributed by atoms with Gasteiger partial charge in [-0.05, 0) is 53.2 Å². The Morgan fingerprint density at radius 3 is 2.31 bits per heavy atom. The highest BCUT2D eigenvalue weighted by Gasteiger charge is 2.14. The Kier molecular flexibility index (Phi) is 6.17. The van der Waals surface area contributed by atoms with Gasteiger partial charge in [0.05, 0.1) is 23.0 Å². The molecule has 0 saturated carbocycles. The van der Waals surface area contributed by atoms with Crippen LogP contribution >= 0.6 is 0 Å². The first-order chi connectivity index (χ1) is 17.2. The lowest BCUT2D eigenvalue weighted by molar-refractivity contribution is 0.0736. The molecule has 1 amide bonds. The van der Waals surface area contributed by atoms with Gasteiger partial charge in [0.2, 0.25) is 0 Å². The van der Waals surface area contributed by atoms with Crippen LogP contribution in [0.15, 0.2) is 121 Å². The van der Waals surface area contributed by atoms with Crippen LogP contribution in [0.1, 0.15) is 26.3 Å². The van der Waals surface area contributed by atoms with Gasteiger partial charge in [-0.25, -0.2) is 10.2 Å². The van der Waals surface area contributed by atoms with Crippen LogP contribution in [-0.4, -0.2) is 22.7 Å². The molecule has 0 aliphatic carbocycles. The fraction of sp³-hybridized carbons (Fsp3) is 0. The third-order valence-corrected chi connectivity index (χ3v) is 5.53. The number of esters is 1. The summed E-state index contributed by atoms with van der Waals surface area (Å²) >= 11 is 0. The molecule has 4 aromatic carbocycles. The number of hydrogen-bond acceptors (Lipinski definition) is 4. The topological polar surface area (TPSA) is 72.7 Å². The average Bonchev–Trinajstić information content (AvgIpc) is 3.44. The molecule has 0 unspecified atom stereocenters. The van der Waals surface area contributed by atoms with E-state index in [-0.39, 0.29) is 5.91 Å². The van der Waals surface area contributed by atoms with Crippen molar-refractivity contribution in [1.29, 1.82) is 0 Å². The molecular weight excluding hydrogens is 438 g/mol. The number of nitrogens with one attached hydrogen (secondary N) is 1. The van der Waals surface area contributed by atoms with Crippen molar-refractivity contribution in [3.63, 3.8) is 0 Å². The molecule has 0 bridgehead atoms. The van der Waals surface area contributed by atoms with Gasteiger partial charge in [0.1, 0.15) is 5.75 Å². The maximum Gasteiger partial charge on any atom is 0.344 e. The summed E-state index contributed by atoms with van der Waals surface area (Å²) in [6, 6.07) is 31.2. The summed E-state index contributed by atoms with van der Waals surface area (Å²) in [4.78, 5) is 25.8. The maximum atomic E-state index is 13.0. The minimum atomic E-state index is -0.465. The van der Waals surface area contributed by atoms with Crippen molar-refractivity contribution in [2.45, 2.75) is 0 Å². The summed E-state index contributed by atoms with van der Waals surface area (Å²) < 4.78 is 7.57. The minimum Gasteiger partial charge on any atom is -0.422 e. The summed E-state index contributed by atoms with van der Waals surface area (Å²) in [5, 5.41) is 5.88. The zero-order valence-electron chi connectivity index (χ0n) is 18.7. The first-order valence-corrected chi connectivity index (χ1v) is 11.1. The quantitative estimate of drug-likeness (QED) is 0.155. The van der Waals surface area contributed by atoms with E-state index < -0.39 is 5.97 Å². The third-order valence-electron chi connectivity index (χ3n) is 5.53. The number of fused-ring (bicyclic) bond motifs is 1. The molecule has 5 aromatic rings. The number of ether oxygens (including phenoxy) is 1. The number of para-hydroxylation sites is 2. The van der Waals surface area contributed by atoms with Crippen LogP contribution in [-0.2, 0) is 0 Å². The smallest absolute Gasteiger partial charge is 0.344 e. The van der Waals surface area contributed by atoms with E-state index in [2.05, 4.69) is 10.5 Å². The van der Waals surface area contributed by atoms with Gasteiger partial charge in [-0.3, -0.25) is 4.79 Å². The van der Waals surface area contributed by atoms with Crippen LogP contribution in [0, 0.1) is 0 Å². The zero-order chi connectivity index (χ0) is 24.0. The molecule has 1 aromatic heterocycles. The molecule has 5 rings (SSSR count). The van der Waals surface area contributed by atoms with Crippen molar-refractivity contribution in [3.8, 4) is 11.4 Å². The molecule has 1 heterocycles. The van der Waals surface area contributed by atoms with E-state index in [9.17, 15) is 9.59 Å². The van der Waals surface area contributed by atoms with Gasteiger partial charge >= 0.3 is 5.97 Å². The Morgan fingerprint density at radius 1 is 0.743 bits per heavy atom. The van der Waals surface area contributed by atoms with Crippen LogP contribution in [0.5, 0.6) is 5.75 Å². The van der Waals surface area contributed by atoms with E-state index in [0.29, 0.717) is 22.4 Å². The van der Waals surface area contributed by atoms with Crippen molar-refractivity contribution in [3.05, 3.63) is 132 Å². The molecule has 1 N–H and O–H groups in total. The SMILES string of the molecule is O=C(N/N=C\c1ccccc1OC(=O)c1cccc2ccccc12)c1ccccc1-n1cccc1. The van der Waals surface area contributed by atoms with Crippen molar-refractivity contribution >= 4 is 28.9 Å². The molecule has 0 radical (unpaired) electrons. The molecule has 0 aliphatic heterocycles. The monoisotopic (exact) mass is 459 g/mol. The Bertz CT molecular complexity index is 1530. The lowest BCUT2D eigenvalue weighted by atomic mass is 10.0. The standard InChI is InChI=1S/C29H21N3O3/c33-28(25-14-4-5-16-26(25)32-18-7-8-19-32)31-30-20-22-11-2-6-17-27(22)35-29(34)24-15-9-12-21-10-1-3-13-23(21)24/h1-20H,(H,31,33)/b30-20-. The second kappa shape index (κ2) is 9.89. The number of rotatable bonds is 6. The van der Waals surface area contributed by atoms with Crippen LogP contribution in [0.3, 0.4) is 0 Å². The van der Waals surface area contributed by atoms with Gasteiger partial charge in [-0.2, -0.15) is 5.10 Å². The molecule has 0 aliphatic rings. The van der Waals surface area contributed by atoms with Crippen LogP contribution in [0.4, 0.5) is 0 Å². The molecule has 6 nitrogen and oxygen atoms in total. The largest absolute Gasteiger partial charge is 0.422 e. The average molecular weight is 460 g/mol. The highest BCUT2D eigenvalue weighted by molar-refractivity contribution is 6.05. The van der Waals surface area contributed by atoms with Gasteiger partial charge in [0.15, 0.2) is 0 Å². The Balaban J connectivity index is 1.34. The zero-order valence-corrected chi connectivity index (χ0v) is 18.7. The number of nitrogens with zero attached hydrogens (tertiary/aromatic N) is 2. The number of hydrazone groups is 1. The summed E-state index contributed by atoms with van der Waals surface area (Å²) in [7, 11) is 0. The molecule has 6 heteroatoms. The fourth-order valence-electron chi connectivity index (χ4n) is 3.84. The fourth-order valence-corrected chi connectivity index (χ4v) is 3.84. The summed E-state index contributed by atoms with van der Waals surface area (Å²) in [5.74, 6) is -0.473. The number of carbonyl (C=O) groups excluding carboxylic acids is 2. The second-order valence-corrected chi connectivity index (χ2v) is 7.76. The molecule has 170 valence electrons. The second-order valence-electron chi connectivity index (χ2n) is 7.76. The van der Waals surface area contributed by atoms with Crippen LogP contribution in [0.25, 0.3) is 16.5 Å². The van der Waals surface area contributed by atoms with E-state index in [1.807, 2.05) is 77.6 Å². The first kappa shape index (κ1) is 21.9. The Labute approximate surface area is 202 Å². The predicted molar refractivity (Wildman–Crippen MR) is 136 cm³/mol. The van der Waals surface area contributed by atoms with E-state index in [1.165, 1.54) is 6.21 Å². The van der Waals surface area contributed by atoms with E-state index in [1.54, 1.807) is 42.5 Å². The van der Waals surface area contributed by atoms with Crippen LogP contribution < -0.4 is 10.2 Å². The number of aromatic nitrogens is 1. The summed E-state index contributed by atoms with van der Waals surface area (Å²) in [6.45, 7) is 0. The molecule has 0 saturated heterocycles. The number of hydrogen-bond donors (Lipinski definition) is 1. The highest BCUT2D eigenvalue weighted by atomic mass is 16.5. The van der Waals surface area contributed by atoms with Crippen molar-refractivity contribution in [1.82, 2.24) is 9.99 Å². The van der Waals surface area contributed by atoms with E-state index in [4.69, 9.17) is 4.74 Å². The number of benzene rings is 4. The lowest BCUT2D eigenvalue weighted by Gasteiger charge is -2.10. The Morgan fingerprint density at radius 2 is 1.43 bits per heavy atom. The normalized spacial score (nSPS) is 11.0. The summed E-state index contributed by atoms with van der Waals surface area (Å²) in [5.41, 5.74) is 4.82. The van der Waals surface area contributed by atoms with Gasteiger partial charge in [0, 0.05) is 18.0 Å². The number of carbonyl (C=O) groups is 2. The van der Waals surface area contributed by atoms with Crippen molar-refractivity contribution < 1.29 is 14.3 Å². The first-order valence-electron chi connectivity index (χ1n) is 11.1. The molecule has 35 heavy (non-hydrogen) atoms. The maximum absolute atomic E-state index is 13.0. The molecule has 0 atom stereocenters. The van der Waals surface area contributed by atoms with Crippen molar-refractivity contribution in [2.75, 3.05) is 0 Å². The number of amides is 1. The highest BCUT2D eigenvalue weighted by Crippen LogP contribution is 2.22. The Hall–Kier alpha value is -4.97. The molecular formula is C29H21N3O3. The summed E-state index contributed by atoms with van der Waals surface area (Å²) in [6.07, 6.45) is 5.20. The third kappa shape index (κ3) is 4.72. The lowest BCUT2D eigenvalue weighted by Crippen LogP contribution is -2.19. The van der Waals surface area contributed by atoms with Crippen LogP contribution in [0.2, 0.25) is 0 Å². The van der Waals surface area contributed by atoms with Crippen molar-refractivity contribution in [2.24, 2.45) is 5.10 Å². The van der Waals surface area contributed by atoms with E-state index >= 15 is 0 Å². The van der Waals surface area contributed by atoms with Gasteiger partial charge in [0.25, 0.3) is 5.91 Å². The molecule has 0 fully saturated rings. The predicted octanol–water partition coefficient (Wildman–Crippen LogP) is 5.61. The minimum absolute atomic E-state index is 0.344. The molecule has 0 spiro atoms. The van der Waals surface area contributed by atoms with Gasteiger partial charge < -0.3 is 9.30 Å². The van der Waals surface area contributed by atoms with Gasteiger partial charge in [-0.1, -0.05) is 60.7 Å².